The zero-order valence-corrected chi connectivity index (χ0v) is 17.7. The van der Waals surface area contributed by atoms with Gasteiger partial charge in [0.2, 0.25) is 5.91 Å². The summed E-state index contributed by atoms with van der Waals surface area (Å²) in [6.07, 6.45) is 0. The van der Waals surface area contributed by atoms with E-state index in [9.17, 15) is 9.59 Å². The van der Waals surface area contributed by atoms with Gasteiger partial charge in [-0.3, -0.25) is 9.69 Å². The summed E-state index contributed by atoms with van der Waals surface area (Å²) in [6.45, 7) is 10.3. The van der Waals surface area contributed by atoms with Crippen LogP contribution < -0.4 is 15.8 Å². The van der Waals surface area contributed by atoms with E-state index in [1.54, 1.807) is 12.1 Å². The van der Waals surface area contributed by atoms with Gasteiger partial charge in [-0.1, -0.05) is 12.1 Å². The van der Waals surface area contributed by atoms with Crippen LogP contribution in [-0.4, -0.2) is 37.0 Å². The molecule has 1 N–H and O–H groups in total. The first-order chi connectivity index (χ1) is 14.4. The Morgan fingerprint density at radius 2 is 1.83 bits per heavy atom. The largest absolute Gasteiger partial charge is 0.423 e. The van der Waals surface area contributed by atoms with Gasteiger partial charge < -0.3 is 14.6 Å². The molecule has 0 bridgehead atoms. The first kappa shape index (κ1) is 20.2. The first-order valence-electron chi connectivity index (χ1n) is 10.3. The first-order valence-corrected chi connectivity index (χ1v) is 10.3. The van der Waals surface area contributed by atoms with Crippen LogP contribution in [0.1, 0.15) is 23.6 Å². The smallest absolute Gasteiger partial charge is 0.336 e. The molecule has 0 spiro atoms. The van der Waals surface area contributed by atoms with Crippen molar-refractivity contribution in [3.05, 3.63) is 69.6 Å². The highest BCUT2D eigenvalue weighted by Gasteiger charge is 2.20. The van der Waals surface area contributed by atoms with Gasteiger partial charge in [0.15, 0.2) is 0 Å². The Labute approximate surface area is 176 Å². The monoisotopic (exact) mass is 405 g/mol. The lowest BCUT2D eigenvalue weighted by Gasteiger charge is -2.37. The Morgan fingerprint density at radius 1 is 1.07 bits per heavy atom. The molecule has 3 aromatic rings. The van der Waals surface area contributed by atoms with Gasteiger partial charge in [-0.05, 0) is 48.7 Å². The molecule has 0 aliphatic carbocycles. The van der Waals surface area contributed by atoms with E-state index < -0.39 is 0 Å². The molecule has 6 nitrogen and oxygen atoms in total. The van der Waals surface area contributed by atoms with Crippen LogP contribution in [0.25, 0.3) is 11.0 Å². The third kappa shape index (κ3) is 4.24. The summed E-state index contributed by atoms with van der Waals surface area (Å²) in [5.74, 6) is -0.158. The molecular formula is C24H27N3O3. The molecule has 1 aromatic heterocycles. The van der Waals surface area contributed by atoms with Crippen LogP contribution in [0, 0.1) is 13.8 Å². The van der Waals surface area contributed by atoms with Gasteiger partial charge in [0.05, 0.1) is 0 Å². The van der Waals surface area contributed by atoms with Crippen molar-refractivity contribution in [2.24, 2.45) is 0 Å². The van der Waals surface area contributed by atoms with E-state index in [-0.39, 0.29) is 11.5 Å². The fourth-order valence-electron chi connectivity index (χ4n) is 4.11. The average Bonchev–Trinajstić information content (AvgIpc) is 2.70. The van der Waals surface area contributed by atoms with Crippen LogP contribution in [0.3, 0.4) is 0 Å². The lowest BCUT2D eigenvalue weighted by atomic mass is 10.1. The molecule has 1 aliphatic rings. The van der Waals surface area contributed by atoms with Crippen LogP contribution in [0.2, 0.25) is 0 Å². The van der Waals surface area contributed by atoms with Gasteiger partial charge in [-0.2, -0.15) is 0 Å². The Morgan fingerprint density at radius 3 is 2.57 bits per heavy atom. The number of aryl methyl sites for hydroxylation is 1. The number of benzene rings is 2. The van der Waals surface area contributed by atoms with E-state index in [0.717, 1.165) is 37.1 Å². The molecule has 4 rings (SSSR count). The van der Waals surface area contributed by atoms with Gasteiger partial charge in [-0.15, -0.1) is 0 Å². The molecule has 1 fully saturated rings. The van der Waals surface area contributed by atoms with Gasteiger partial charge in [0.1, 0.15) is 5.58 Å². The number of rotatable bonds is 4. The van der Waals surface area contributed by atoms with Crippen LogP contribution >= 0.6 is 0 Å². The number of hydrogen-bond acceptors (Lipinski definition) is 5. The highest BCUT2D eigenvalue weighted by Crippen LogP contribution is 2.26. The molecule has 2 heterocycles. The van der Waals surface area contributed by atoms with Gasteiger partial charge >= 0.3 is 5.63 Å². The van der Waals surface area contributed by atoms with Crippen LogP contribution in [0.15, 0.2) is 51.7 Å². The second-order valence-corrected chi connectivity index (χ2v) is 7.97. The van der Waals surface area contributed by atoms with Crippen molar-refractivity contribution in [2.75, 3.05) is 36.4 Å². The summed E-state index contributed by atoms with van der Waals surface area (Å²) in [5.41, 5.74) is 5.67. The maximum absolute atomic E-state index is 12.1. The average molecular weight is 405 g/mol. The number of piperazine rings is 1. The molecular weight excluding hydrogens is 378 g/mol. The number of nitrogens with one attached hydrogen (secondary N) is 1. The Bertz CT molecular complexity index is 1140. The lowest BCUT2D eigenvalue weighted by molar-refractivity contribution is -0.114. The number of hydrogen-bond donors (Lipinski definition) is 1. The molecule has 156 valence electrons. The van der Waals surface area contributed by atoms with Crippen LogP contribution in [-0.2, 0) is 11.3 Å². The second kappa shape index (κ2) is 8.32. The maximum atomic E-state index is 12.1. The fourth-order valence-corrected chi connectivity index (χ4v) is 4.11. The third-order valence-electron chi connectivity index (χ3n) is 5.83. The zero-order chi connectivity index (χ0) is 21.3. The topological polar surface area (TPSA) is 65.8 Å². The van der Waals surface area contributed by atoms with Crippen molar-refractivity contribution in [3.63, 3.8) is 0 Å². The van der Waals surface area contributed by atoms with Crippen LogP contribution in [0.4, 0.5) is 11.4 Å². The molecule has 0 unspecified atom stereocenters. The van der Waals surface area contributed by atoms with Crippen molar-refractivity contribution < 1.29 is 9.21 Å². The maximum Gasteiger partial charge on any atom is 0.336 e. The standard InChI is InChI=1S/C24H27N3O3/c1-16-5-4-6-22(17(16)2)27-11-9-26(10-12-27)15-19-13-24(29)30-23-14-20(25-18(3)28)7-8-21(19)23/h4-8,13-14H,9-12,15H2,1-3H3,(H,25,28). The quantitative estimate of drug-likeness (QED) is 0.671. The van der Waals surface area contributed by atoms with Crippen molar-refractivity contribution in [1.82, 2.24) is 4.90 Å². The molecule has 0 radical (unpaired) electrons. The summed E-state index contributed by atoms with van der Waals surface area (Å²) in [7, 11) is 0. The van der Waals surface area contributed by atoms with E-state index in [4.69, 9.17) is 4.42 Å². The van der Waals surface area contributed by atoms with E-state index >= 15 is 0 Å². The second-order valence-electron chi connectivity index (χ2n) is 7.97. The number of fused-ring (bicyclic) bond motifs is 1. The number of carbonyl (C=O) groups is 1. The normalized spacial score (nSPS) is 14.8. The third-order valence-corrected chi connectivity index (χ3v) is 5.83. The molecule has 0 atom stereocenters. The number of carbonyl (C=O) groups excluding carboxylic acids is 1. The predicted molar refractivity (Wildman–Crippen MR) is 120 cm³/mol. The molecule has 1 saturated heterocycles. The zero-order valence-electron chi connectivity index (χ0n) is 17.7. The predicted octanol–water partition coefficient (Wildman–Crippen LogP) is 3.69. The summed E-state index contributed by atoms with van der Waals surface area (Å²) < 4.78 is 5.38. The molecule has 2 aromatic carbocycles. The van der Waals surface area contributed by atoms with Crippen molar-refractivity contribution in [2.45, 2.75) is 27.3 Å². The molecule has 30 heavy (non-hydrogen) atoms. The van der Waals surface area contributed by atoms with Gasteiger partial charge in [-0.25, -0.2) is 4.79 Å². The fraction of sp³-hybridized carbons (Fsp3) is 0.333. The summed E-state index contributed by atoms with van der Waals surface area (Å²) >= 11 is 0. The van der Waals surface area contributed by atoms with Crippen molar-refractivity contribution >= 4 is 28.3 Å². The molecule has 1 aliphatic heterocycles. The Balaban J connectivity index is 1.50. The summed E-state index contributed by atoms with van der Waals surface area (Å²) in [4.78, 5) is 28.2. The number of nitrogens with zero attached hydrogens (tertiary/aromatic N) is 2. The van der Waals surface area contributed by atoms with Gasteiger partial charge in [0.25, 0.3) is 0 Å². The Kier molecular flexibility index (Phi) is 5.59. The van der Waals surface area contributed by atoms with Crippen molar-refractivity contribution in [3.8, 4) is 0 Å². The minimum Gasteiger partial charge on any atom is -0.423 e. The Hall–Kier alpha value is -3.12. The minimum atomic E-state index is -0.369. The van der Waals surface area contributed by atoms with Gasteiger partial charge in [0, 0.05) is 68.5 Å². The SMILES string of the molecule is CC(=O)Nc1ccc2c(CN3CCN(c4cccc(C)c4C)CC3)cc(=O)oc2c1. The summed E-state index contributed by atoms with van der Waals surface area (Å²) in [5, 5.41) is 3.63. The van der Waals surface area contributed by atoms with E-state index in [2.05, 4.69) is 47.2 Å². The molecule has 1 amide bonds. The van der Waals surface area contributed by atoms with Crippen LogP contribution in [0.5, 0.6) is 0 Å². The molecule has 6 heteroatoms. The van der Waals surface area contributed by atoms with E-state index in [1.807, 2.05) is 12.1 Å². The minimum absolute atomic E-state index is 0.158. The number of anilines is 2. The van der Waals surface area contributed by atoms with Crippen molar-refractivity contribution in [1.29, 1.82) is 0 Å². The highest BCUT2D eigenvalue weighted by atomic mass is 16.4. The van der Waals surface area contributed by atoms with E-state index in [0.29, 0.717) is 17.8 Å². The molecule has 0 saturated carbocycles. The lowest BCUT2D eigenvalue weighted by Crippen LogP contribution is -2.46. The van der Waals surface area contributed by atoms with E-state index in [1.165, 1.54) is 23.7 Å². The number of amides is 1. The highest BCUT2D eigenvalue weighted by molar-refractivity contribution is 5.92. The summed E-state index contributed by atoms with van der Waals surface area (Å²) in [6, 6.07) is 13.5.